The zero-order chi connectivity index (χ0) is 11.8. The van der Waals surface area contributed by atoms with Crippen molar-refractivity contribution in [1.29, 1.82) is 0 Å². The Labute approximate surface area is 97.9 Å². The molecule has 2 nitrogen and oxygen atoms in total. The molecule has 1 heterocycles. The molecule has 0 amide bonds. The van der Waals surface area contributed by atoms with Crippen molar-refractivity contribution < 1.29 is 0 Å². The number of nitrogens with zero attached hydrogens (tertiary/aromatic N) is 2. The van der Waals surface area contributed by atoms with Crippen molar-refractivity contribution in [2.24, 2.45) is 0 Å². The molecule has 0 bridgehead atoms. The number of hydrogen-bond acceptors (Lipinski definition) is 1. The van der Waals surface area contributed by atoms with Crippen LogP contribution in [0.3, 0.4) is 0 Å². The lowest BCUT2D eigenvalue weighted by molar-refractivity contribution is 0.879. The summed E-state index contributed by atoms with van der Waals surface area (Å²) in [5.41, 5.74) is 2.26. The molecule has 0 fully saturated rings. The lowest BCUT2D eigenvalue weighted by Gasteiger charge is -2.18. The fourth-order valence-corrected chi connectivity index (χ4v) is 3.26. The Balaban J connectivity index is 2.58. The quantitative estimate of drug-likeness (QED) is 0.725. The Morgan fingerprint density at radius 3 is 2.25 bits per heavy atom. The molecule has 16 heavy (non-hydrogen) atoms. The fourth-order valence-electron chi connectivity index (χ4n) is 1.80. The summed E-state index contributed by atoms with van der Waals surface area (Å²) >= 11 is 0. The first-order chi connectivity index (χ1) is 7.48. The van der Waals surface area contributed by atoms with Crippen molar-refractivity contribution in [2.75, 3.05) is 0 Å². The first-order valence-corrected chi connectivity index (χ1v) is 9.11. The zero-order valence-corrected chi connectivity index (χ0v) is 11.4. The average Bonchev–Trinajstić information content (AvgIpc) is 2.61. The minimum Gasteiger partial charge on any atom is -0.242 e. The van der Waals surface area contributed by atoms with Gasteiger partial charge in [-0.1, -0.05) is 37.8 Å². The van der Waals surface area contributed by atoms with E-state index >= 15 is 0 Å². The van der Waals surface area contributed by atoms with Crippen LogP contribution in [0.15, 0.2) is 36.4 Å². The minimum atomic E-state index is -1.34. The summed E-state index contributed by atoms with van der Waals surface area (Å²) in [6, 6.07) is 12.6. The minimum absolute atomic E-state index is 1.10. The van der Waals surface area contributed by atoms with E-state index in [1.54, 1.807) is 0 Å². The largest absolute Gasteiger partial charge is 0.242 e. The lowest BCUT2D eigenvalue weighted by atomic mass is 10.3. The van der Waals surface area contributed by atoms with Crippen LogP contribution in [-0.4, -0.2) is 17.9 Å². The summed E-state index contributed by atoms with van der Waals surface area (Å²) in [4.78, 5) is 0. The molecule has 2 aromatic rings. The SMILES string of the molecule is Cc1cc([Si](C)(C)C)n(-c2ccccc2)n1. The third-order valence-electron chi connectivity index (χ3n) is 2.60. The van der Waals surface area contributed by atoms with Crippen molar-refractivity contribution in [1.82, 2.24) is 9.78 Å². The molecule has 0 aliphatic carbocycles. The highest BCUT2D eigenvalue weighted by molar-refractivity contribution is 6.88. The maximum Gasteiger partial charge on any atom is 0.101 e. The van der Waals surface area contributed by atoms with Crippen molar-refractivity contribution in [3.05, 3.63) is 42.1 Å². The van der Waals surface area contributed by atoms with Crippen molar-refractivity contribution in [3.8, 4) is 5.69 Å². The van der Waals surface area contributed by atoms with Gasteiger partial charge in [0.15, 0.2) is 0 Å². The molecule has 0 spiro atoms. The van der Waals surface area contributed by atoms with Crippen LogP contribution in [0.1, 0.15) is 5.69 Å². The molecule has 0 atom stereocenters. The third kappa shape index (κ3) is 2.09. The molecule has 0 aliphatic rings. The first kappa shape index (κ1) is 11.1. The Kier molecular flexibility index (Phi) is 2.72. The van der Waals surface area contributed by atoms with E-state index in [4.69, 9.17) is 0 Å². The summed E-state index contributed by atoms with van der Waals surface area (Å²) in [6.45, 7) is 9.11. The summed E-state index contributed by atoms with van der Waals surface area (Å²) in [5.74, 6) is 0. The van der Waals surface area contributed by atoms with Crippen LogP contribution in [0.25, 0.3) is 5.69 Å². The van der Waals surface area contributed by atoms with Gasteiger partial charge in [-0.3, -0.25) is 0 Å². The maximum absolute atomic E-state index is 4.60. The second-order valence-electron chi connectivity index (χ2n) is 5.17. The summed E-state index contributed by atoms with van der Waals surface area (Å²) < 4.78 is 2.10. The van der Waals surface area contributed by atoms with Gasteiger partial charge in [-0.05, 0) is 25.1 Å². The topological polar surface area (TPSA) is 17.8 Å². The van der Waals surface area contributed by atoms with E-state index in [1.165, 1.54) is 5.32 Å². The number of para-hydroxylation sites is 1. The van der Waals surface area contributed by atoms with Crippen molar-refractivity contribution >= 4 is 13.4 Å². The molecule has 2 rings (SSSR count). The van der Waals surface area contributed by atoms with Crippen LogP contribution in [0.2, 0.25) is 19.6 Å². The van der Waals surface area contributed by atoms with Gasteiger partial charge in [0.05, 0.1) is 11.4 Å². The second kappa shape index (κ2) is 3.90. The van der Waals surface area contributed by atoms with Gasteiger partial charge in [-0.25, -0.2) is 4.68 Å². The summed E-state index contributed by atoms with van der Waals surface area (Å²) in [7, 11) is -1.34. The van der Waals surface area contributed by atoms with E-state index in [0.717, 1.165) is 11.4 Å². The Bertz CT molecular complexity index is 480. The number of benzene rings is 1. The van der Waals surface area contributed by atoms with E-state index < -0.39 is 8.07 Å². The highest BCUT2D eigenvalue weighted by atomic mass is 28.3. The van der Waals surface area contributed by atoms with Gasteiger partial charge >= 0.3 is 0 Å². The number of aryl methyl sites for hydroxylation is 1. The van der Waals surface area contributed by atoms with Gasteiger partial charge in [0, 0.05) is 5.32 Å². The summed E-state index contributed by atoms with van der Waals surface area (Å²) in [5, 5.41) is 5.98. The smallest absolute Gasteiger partial charge is 0.101 e. The number of hydrogen-bond donors (Lipinski definition) is 0. The van der Waals surface area contributed by atoms with Gasteiger partial charge in [-0.2, -0.15) is 5.10 Å². The number of rotatable bonds is 2. The molecular weight excluding hydrogens is 212 g/mol. The normalized spacial score (nSPS) is 11.8. The van der Waals surface area contributed by atoms with Crippen molar-refractivity contribution in [2.45, 2.75) is 26.6 Å². The molecular formula is C13H18N2Si. The summed E-state index contributed by atoms with van der Waals surface area (Å²) in [6.07, 6.45) is 0. The molecule has 0 N–H and O–H groups in total. The van der Waals surface area contributed by atoms with Gasteiger partial charge in [0.2, 0.25) is 0 Å². The van der Waals surface area contributed by atoms with Crippen molar-refractivity contribution in [3.63, 3.8) is 0 Å². The van der Waals surface area contributed by atoms with Crippen LogP contribution in [0, 0.1) is 6.92 Å². The van der Waals surface area contributed by atoms with Crippen LogP contribution in [0.5, 0.6) is 0 Å². The van der Waals surface area contributed by atoms with Gasteiger partial charge < -0.3 is 0 Å². The third-order valence-corrected chi connectivity index (χ3v) is 4.49. The Morgan fingerprint density at radius 2 is 1.69 bits per heavy atom. The fraction of sp³-hybridized carbons (Fsp3) is 0.308. The molecule has 1 aromatic carbocycles. The lowest BCUT2D eigenvalue weighted by Crippen LogP contribution is -2.42. The molecule has 84 valence electrons. The van der Waals surface area contributed by atoms with Crippen LogP contribution in [0.4, 0.5) is 0 Å². The highest BCUT2D eigenvalue weighted by Gasteiger charge is 2.22. The average molecular weight is 230 g/mol. The highest BCUT2D eigenvalue weighted by Crippen LogP contribution is 2.10. The second-order valence-corrected chi connectivity index (χ2v) is 10.2. The predicted octanol–water partition coefficient (Wildman–Crippen LogP) is 2.73. The molecule has 1 aromatic heterocycles. The monoisotopic (exact) mass is 230 g/mol. The Morgan fingerprint density at radius 1 is 1.06 bits per heavy atom. The van der Waals surface area contributed by atoms with Gasteiger partial charge in [0.25, 0.3) is 0 Å². The molecule has 0 unspecified atom stereocenters. The standard InChI is InChI=1S/C13H18N2Si/c1-11-10-13(16(2,3)4)15(14-11)12-8-6-5-7-9-12/h5-10H,1-4H3. The van der Waals surface area contributed by atoms with Crippen LogP contribution < -0.4 is 5.32 Å². The van der Waals surface area contributed by atoms with E-state index in [-0.39, 0.29) is 0 Å². The predicted molar refractivity (Wildman–Crippen MR) is 71.3 cm³/mol. The number of aromatic nitrogens is 2. The molecule has 3 heteroatoms. The Hall–Kier alpha value is -1.35. The first-order valence-electron chi connectivity index (χ1n) is 5.61. The zero-order valence-electron chi connectivity index (χ0n) is 10.4. The van der Waals surface area contributed by atoms with Gasteiger partial charge in [0.1, 0.15) is 8.07 Å². The van der Waals surface area contributed by atoms with Crippen LogP contribution >= 0.6 is 0 Å². The molecule has 0 aliphatic heterocycles. The van der Waals surface area contributed by atoms with Crippen LogP contribution in [-0.2, 0) is 0 Å². The van der Waals surface area contributed by atoms with Gasteiger partial charge in [-0.15, -0.1) is 0 Å². The maximum atomic E-state index is 4.60. The van der Waals surface area contributed by atoms with E-state index in [1.807, 2.05) is 6.07 Å². The molecule has 0 saturated heterocycles. The molecule has 0 saturated carbocycles. The van der Waals surface area contributed by atoms with E-state index in [2.05, 4.69) is 66.7 Å². The van der Waals surface area contributed by atoms with E-state index in [9.17, 15) is 0 Å². The van der Waals surface area contributed by atoms with E-state index in [0.29, 0.717) is 0 Å². The molecule has 0 radical (unpaired) electrons.